The summed E-state index contributed by atoms with van der Waals surface area (Å²) in [4.78, 5) is 21.7. The van der Waals surface area contributed by atoms with Crippen LogP contribution < -0.4 is 0 Å². The molecule has 0 bridgehead atoms. The smallest absolute Gasteiger partial charge is 0.460 e. The van der Waals surface area contributed by atoms with Crippen molar-refractivity contribution in [2.75, 3.05) is 14.2 Å². The maximum Gasteiger partial charge on any atom is 0.460 e. The van der Waals surface area contributed by atoms with Crippen molar-refractivity contribution < 1.29 is 63.0 Å². The topological polar surface area (TPSA) is 52.6 Å². The number of rotatable bonds is 5. The fourth-order valence-corrected chi connectivity index (χ4v) is 1.21. The van der Waals surface area contributed by atoms with Gasteiger partial charge in [-0.15, -0.1) is 0 Å². The molecule has 0 aromatic rings. The highest BCUT2D eigenvalue weighted by molar-refractivity contribution is 6.05. The van der Waals surface area contributed by atoms with Crippen molar-refractivity contribution in [3.8, 4) is 0 Å². The second-order valence-corrected chi connectivity index (χ2v) is 3.86. The molecule has 0 aliphatic rings. The van der Waals surface area contributed by atoms with Gasteiger partial charge in [0.25, 0.3) is 0 Å². The minimum Gasteiger partial charge on any atom is -0.466 e. The minimum atomic E-state index is -7.55. The zero-order valence-electron chi connectivity index (χ0n) is 10.9. The van der Waals surface area contributed by atoms with E-state index in [-0.39, 0.29) is 14.2 Å². The van der Waals surface area contributed by atoms with Crippen molar-refractivity contribution in [2.24, 2.45) is 0 Å². The summed E-state index contributed by atoms with van der Waals surface area (Å²) in [6.07, 6.45) is -7.26. The van der Waals surface area contributed by atoms with Crippen LogP contribution in [0.2, 0.25) is 0 Å². The van der Waals surface area contributed by atoms with Gasteiger partial charge in [0.15, 0.2) is 0 Å². The lowest BCUT2D eigenvalue weighted by Crippen LogP contribution is -2.71. The van der Waals surface area contributed by atoms with Crippen LogP contribution in [0.25, 0.3) is 0 Å². The fourth-order valence-electron chi connectivity index (χ4n) is 1.21. The molecule has 0 N–H and O–H groups in total. The molecule has 136 valence electrons. The molecule has 0 saturated heterocycles. The quantitative estimate of drug-likeness (QED) is 0.425. The third kappa shape index (κ3) is 2.67. The molecular formula is C9H6F10O4. The molecule has 0 atom stereocenters. The van der Waals surface area contributed by atoms with Gasteiger partial charge < -0.3 is 9.47 Å². The Morgan fingerprint density at radius 1 is 0.609 bits per heavy atom. The van der Waals surface area contributed by atoms with Crippen LogP contribution in [0.1, 0.15) is 0 Å². The second-order valence-electron chi connectivity index (χ2n) is 3.86. The van der Waals surface area contributed by atoms with E-state index in [9.17, 15) is 53.5 Å². The number of halogens is 10. The van der Waals surface area contributed by atoms with E-state index in [1.807, 2.05) is 0 Å². The number of methoxy groups -OCH3 is 2. The molecule has 4 nitrogen and oxygen atoms in total. The standard InChI is InChI=1S/C9H6F10O4/c1-22-3(20)5(10,4(21)23-2)6(11,12)7(13,14)8(15,16)9(17,18)19/h1-2H3. The van der Waals surface area contributed by atoms with Crippen LogP contribution in [0.15, 0.2) is 0 Å². The number of hydrogen-bond donors (Lipinski definition) is 0. The SMILES string of the molecule is COC(=O)C(F)(C(=O)OC)C(F)(F)C(F)(F)C(F)(F)C(F)(F)F. The maximum absolute atomic E-state index is 13.9. The van der Waals surface area contributed by atoms with E-state index < -0.39 is 41.6 Å². The lowest BCUT2D eigenvalue weighted by Gasteiger charge is -2.37. The maximum atomic E-state index is 13.9. The largest absolute Gasteiger partial charge is 0.466 e. The summed E-state index contributed by atoms with van der Waals surface area (Å²) in [5.41, 5.74) is -5.96. The van der Waals surface area contributed by atoms with Gasteiger partial charge in [0.2, 0.25) is 0 Å². The summed E-state index contributed by atoms with van der Waals surface area (Å²) < 4.78 is 134. The average molecular weight is 368 g/mol. The zero-order valence-corrected chi connectivity index (χ0v) is 10.9. The van der Waals surface area contributed by atoms with Gasteiger partial charge in [0, 0.05) is 0 Å². The minimum absolute atomic E-state index is 0.0791. The number of esters is 2. The third-order valence-electron chi connectivity index (χ3n) is 2.51. The van der Waals surface area contributed by atoms with Gasteiger partial charge in [-0.1, -0.05) is 0 Å². The van der Waals surface area contributed by atoms with Crippen molar-refractivity contribution in [1.29, 1.82) is 0 Å². The molecule has 14 heteroatoms. The molecule has 0 aromatic carbocycles. The Hall–Kier alpha value is -1.76. The molecule has 0 saturated carbocycles. The van der Waals surface area contributed by atoms with E-state index in [0.717, 1.165) is 0 Å². The molecule has 0 amide bonds. The molecule has 0 rings (SSSR count). The van der Waals surface area contributed by atoms with E-state index in [4.69, 9.17) is 0 Å². The van der Waals surface area contributed by atoms with Gasteiger partial charge in [-0.05, 0) is 0 Å². The van der Waals surface area contributed by atoms with Crippen LogP contribution in [0.5, 0.6) is 0 Å². The Labute approximate surface area is 120 Å². The van der Waals surface area contributed by atoms with Crippen molar-refractivity contribution >= 4 is 11.9 Å². The average Bonchev–Trinajstić information content (AvgIpc) is 2.42. The summed E-state index contributed by atoms with van der Waals surface area (Å²) in [5.74, 6) is -28.5. The number of alkyl halides is 10. The van der Waals surface area contributed by atoms with E-state index in [2.05, 4.69) is 9.47 Å². The predicted octanol–water partition coefficient (Wildman–Crippen LogP) is 2.51. The van der Waals surface area contributed by atoms with Gasteiger partial charge in [-0.25, -0.2) is 14.0 Å². The summed E-state index contributed by atoms with van der Waals surface area (Å²) in [5, 5.41) is 0. The van der Waals surface area contributed by atoms with Gasteiger partial charge in [0.05, 0.1) is 14.2 Å². The first kappa shape index (κ1) is 21.2. The Morgan fingerprint density at radius 2 is 0.913 bits per heavy atom. The van der Waals surface area contributed by atoms with Crippen LogP contribution in [-0.4, -0.2) is 55.8 Å². The van der Waals surface area contributed by atoms with Crippen molar-refractivity contribution in [3.05, 3.63) is 0 Å². The summed E-state index contributed by atoms with van der Waals surface area (Å²) in [6, 6.07) is 0. The second kappa shape index (κ2) is 5.70. The fraction of sp³-hybridized carbons (Fsp3) is 0.778. The van der Waals surface area contributed by atoms with Crippen LogP contribution in [0.4, 0.5) is 43.9 Å². The van der Waals surface area contributed by atoms with Gasteiger partial charge in [-0.3, -0.25) is 0 Å². The molecule has 0 spiro atoms. The lowest BCUT2D eigenvalue weighted by atomic mass is 9.88. The van der Waals surface area contributed by atoms with Crippen LogP contribution in [-0.2, 0) is 19.1 Å². The molecule has 0 radical (unpaired) electrons. The Bertz CT molecular complexity index is 467. The number of carbonyl (C=O) groups excluding carboxylic acids is 2. The number of ether oxygens (including phenoxy) is 2. The summed E-state index contributed by atoms with van der Waals surface area (Å²) in [6.45, 7) is 0. The van der Waals surface area contributed by atoms with Gasteiger partial charge in [-0.2, -0.15) is 39.5 Å². The normalized spacial score (nSPS) is 14.4. The highest BCUT2D eigenvalue weighted by Gasteiger charge is 2.90. The molecule has 0 fully saturated rings. The molecule has 0 heterocycles. The lowest BCUT2D eigenvalue weighted by molar-refractivity contribution is -0.407. The molecular weight excluding hydrogens is 362 g/mol. The zero-order chi connectivity index (χ0) is 19.1. The number of carbonyl (C=O) groups is 2. The Morgan fingerprint density at radius 3 is 1.13 bits per heavy atom. The van der Waals surface area contributed by atoms with Gasteiger partial charge in [0.1, 0.15) is 0 Å². The summed E-state index contributed by atoms with van der Waals surface area (Å²) >= 11 is 0. The monoisotopic (exact) mass is 368 g/mol. The van der Waals surface area contributed by atoms with Crippen molar-refractivity contribution in [3.63, 3.8) is 0 Å². The van der Waals surface area contributed by atoms with E-state index in [0.29, 0.717) is 0 Å². The third-order valence-corrected chi connectivity index (χ3v) is 2.51. The van der Waals surface area contributed by atoms with E-state index >= 15 is 0 Å². The van der Waals surface area contributed by atoms with Gasteiger partial charge >= 0.3 is 41.6 Å². The first-order valence-electron chi connectivity index (χ1n) is 5.02. The molecule has 0 aromatic heterocycles. The van der Waals surface area contributed by atoms with Crippen LogP contribution >= 0.6 is 0 Å². The summed E-state index contributed by atoms with van der Waals surface area (Å²) in [7, 11) is 0.158. The first-order valence-corrected chi connectivity index (χ1v) is 5.02. The van der Waals surface area contributed by atoms with Crippen molar-refractivity contribution in [2.45, 2.75) is 29.6 Å². The van der Waals surface area contributed by atoms with E-state index in [1.54, 1.807) is 0 Å². The van der Waals surface area contributed by atoms with Crippen molar-refractivity contribution in [1.82, 2.24) is 0 Å². The molecule has 0 unspecified atom stereocenters. The Balaban J connectivity index is 6.49. The highest BCUT2D eigenvalue weighted by Crippen LogP contribution is 2.57. The predicted molar refractivity (Wildman–Crippen MR) is 48.8 cm³/mol. The van der Waals surface area contributed by atoms with E-state index in [1.165, 1.54) is 0 Å². The van der Waals surface area contributed by atoms with Crippen LogP contribution in [0.3, 0.4) is 0 Å². The molecule has 0 aliphatic carbocycles. The highest BCUT2D eigenvalue weighted by atomic mass is 19.4. The first-order chi connectivity index (χ1) is 9.96. The molecule has 23 heavy (non-hydrogen) atoms. The number of hydrogen-bond acceptors (Lipinski definition) is 4. The van der Waals surface area contributed by atoms with Crippen LogP contribution in [0, 0.1) is 0 Å². The molecule has 0 aliphatic heterocycles. The Kier molecular flexibility index (Phi) is 5.27.